The van der Waals surface area contributed by atoms with Gasteiger partial charge in [0.25, 0.3) is 0 Å². The Morgan fingerprint density at radius 1 is 1.00 bits per heavy atom. The van der Waals surface area contributed by atoms with Crippen molar-refractivity contribution in [1.82, 2.24) is 24.4 Å². The lowest BCUT2D eigenvalue weighted by Crippen LogP contribution is -2.51. The summed E-state index contributed by atoms with van der Waals surface area (Å²) in [6.07, 6.45) is 6.85. The fourth-order valence-corrected chi connectivity index (χ4v) is 4.22. The Labute approximate surface area is 174 Å². The molecule has 7 nitrogen and oxygen atoms in total. The van der Waals surface area contributed by atoms with E-state index in [2.05, 4.69) is 19.9 Å². The van der Waals surface area contributed by atoms with Crippen molar-refractivity contribution in [3.63, 3.8) is 0 Å². The first-order valence-corrected chi connectivity index (χ1v) is 10.2. The second kappa shape index (κ2) is 7.19. The molecule has 0 N–H and O–H groups in total. The lowest BCUT2D eigenvalue weighted by atomic mass is 9.94. The van der Waals surface area contributed by atoms with E-state index in [0.717, 1.165) is 35.9 Å². The second-order valence-electron chi connectivity index (χ2n) is 7.95. The molecular formula is C22H23FN6O. The van der Waals surface area contributed by atoms with Crippen LogP contribution in [0.3, 0.4) is 0 Å². The maximum absolute atomic E-state index is 13.3. The van der Waals surface area contributed by atoms with Crippen LogP contribution < -0.4 is 4.90 Å². The van der Waals surface area contributed by atoms with Crippen molar-refractivity contribution in [2.45, 2.75) is 25.2 Å². The number of carbonyl (C=O) groups is 1. The van der Waals surface area contributed by atoms with Crippen molar-refractivity contribution in [3.8, 4) is 5.82 Å². The predicted octanol–water partition coefficient (Wildman–Crippen LogP) is 2.49. The van der Waals surface area contributed by atoms with Gasteiger partial charge >= 0.3 is 0 Å². The number of anilines is 1. The van der Waals surface area contributed by atoms with Crippen molar-refractivity contribution < 1.29 is 9.18 Å². The number of rotatable bonds is 4. The van der Waals surface area contributed by atoms with Crippen molar-refractivity contribution in [3.05, 3.63) is 66.3 Å². The second-order valence-corrected chi connectivity index (χ2v) is 7.95. The van der Waals surface area contributed by atoms with Crippen LogP contribution in [0.2, 0.25) is 0 Å². The summed E-state index contributed by atoms with van der Waals surface area (Å²) < 4.78 is 15.2. The van der Waals surface area contributed by atoms with Gasteiger partial charge in [-0.3, -0.25) is 9.36 Å². The number of carbonyl (C=O) groups excluding carboxylic acids is 1. The van der Waals surface area contributed by atoms with Gasteiger partial charge in [-0.15, -0.1) is 0 Å². The summed E-state index contributed by atoms with van der Waals surface area (Å²) in [5.74, 6) is 2.38. The van der Waals surface area contributed by atoms with Gasteiger partial charge in [-0.2, -0.15) is 0 Å². The van der Waals surface area contributed by atoms with Gasteiger partial charge in [0.05, 0.1) is 5.41 Å². The largest absolute Gasteiger partial charge is 0.353 e. The van der Waals surface area contributed by atoms with Gasteiger partial charge in [0.15, 0.2) is 0 Å². The molecule has 30 heavy (non-hydrogen) atoms. The van der Waals surface area contributed by atoms with Crippen molar-refractivity contribution in [2.75, 3.05) is 31.1 Å². The SMILES string of the molecule is Cc1nccn1-c1cc(N2CCN(C(=O)C3(c4ccc(F)cc4)CC3)CC2)ncn1. The number of aryl methyl sites for hydroxylation is 1. The molecule has 0 radical (unpaired) electrons. The van der Waals surface area contributed by atoms with Gasteiger partial charge < -0.3 is 9.80 Å². The third kappa shape index (κ3) is 3.22. The Bertz CT molecular complexity index is 1070. The Hall–Kier alpha value is -3.29. The molecule has 2 fully saturated rings. The first-order chi connectivity index (χ1) is 14.6. The Morgan fingerprint density at radius 2 is 1.70 bits per heavy atom. The Balaban J connectivity index is 1.27. The summed E-state index contributed by atoms with van der Waals surface area (Å²) in [5.41, 5.74) is 0.462. The normalized spacial score (nSPS) is 17.8. The molecule has 1 saturated carbocycles. The average molecular weight is 406 g/mol. The van der Waals surface area contributed by atoms with E-state index in [0.29, 0.717) is 26.2 Å². The molecule has 2 aromatic heterocycles. The smallest absolute Gasteiger partial charge is 0.233 e. The van der Waals surface area contributed by atoms with Crippen LogP contribution in [0.5, 0.6) is 0 Å². The molecule has 1 aromatic carbocycles. The van der Waals surface area contributed by atoms with E-state index in [1.165, 1.54) is 12.1 Å². The van der Waals surface area contributed by atoms with E-state index in [1.54, 1.807) is 24.7 Å². The van der Waals surface area contributed by atoms with Crippen LogP contribution in [-0.4, -0.2) is 56.5 Å². The van der Waals surface area contributed by atoms with Gasteiger partial charge in [0.1, 0.15) is 29.6 Å². The number of nitrogens with zero attached hydrogens (tertiary/aromatic N) is 6. The highest BCUT2D eigenvalue weighted by Crippen LogP contribution is 2.49. The lowest BCUT2D eigenvalue weighted by Gasteiger charge is -2.37. The number of aromatic nitrogens is 4. The molecule has 0 atom stereocenters. The zero-order valence-corrected chi connectivity index (χ0v) is 16.8. The summed E-state index contributed by atoms with van der Waals surface area (Å²) in [5, 5.41) is 0. The highest BCUT2D eigenvalue weighted by molar-refractivity contribution is 5.91. The number of benzene rings is 1. The number of imidazole rings is 1. The monoisotopic (exact) mass is 406 g/mol. The molecular weight excluding hydrogens is 383 g/mol. The topological polar surface area (TPSA) is 67.2 Å². The van der Waals surface area contributed by atoms with Crippen LogP contribution >= 0.6 is 0 Å². The molecule has 1 amide bonds. The highest BCUT2D eigenvalue weighted by Gasteiger charge is 2.53. The molecule has 3 aromatic rings. The van der Waals surface area contributed by atoms with E-state index in [-0.39, 0.29) is 11.7 Å². The first-order valence-electron chi connectivity index (χ1n) is 10.2. The summed E-state index contributed by atoms with van der Waals surface area (Å²) >= 11 is 0. The van der Waals surface area contributed by atoms with Crippen LogP contribution in [0, 0.1) is 12.7 Å². The number of amides is 1. The van der Waals surface area contributed by atoms with Crippen LogP contribution in [0.1, 0.15) is 24.2 Å². The minimum Gasteiger partial charge on any atom is -0.353 e. The number of halogens is 1. The van der Waals surface area contributed by atoms with Gasteiger partial charge in [0, 0.05) is 44.6 Å². The van der Waals surface area contributed by atoms with Crippen molar-refractivity contribution in [2.24, 2.45) is 0 Å². The summed E-state index contributed by atoms with van der Waals surface area (Å²) in [6.45, 7) is 4.65. The van der Waals surface area contributed by atoms with Crippen LogP contribution in [0.25, 0.3) is 5.82 Å². The number of hydrogen-bond acceptors (Lipinski definition) is 5. The quantitative estimate of drug-likeness (QED) is 0.666. The lowest BCUT2D eigenvalue weighted by molar-refractivity contribution is -0.134. The highest BCUT2D eigenvalue weighted by atomic mass is 19.1. The maximum atomic E-state index is 13.3. The third-order valence-corrected chi connectivity index (χ3v) is 6.16. The average Bonchev–Trinajstić information content (AvgIpc) is 3.48. The van der Waals surface area contributed by atoms with Gasteiger partial charge in [0.2, 0.25) is 5.91 Å². The molecule has 154 valence electrons. The maximum Gasteiger partial charge on any atom is 0.233 e. The van der Waals surface area contributed by atoms with Crippen molar-refractivity contribution >= 4 is 11.7 Å². The fraction of sp³-hybridized carbons (Fsp3) is 0.364. The van der Waals surface area contributed by atoms with Gasteiger partial charge in [-0.25, -0.2) is 19.3 Å². The summed E-state index contributed by atoms with van der Waals surface area (Å²) in [4.78, 5) is 30.4. The fourth-order valence-electron chi connectivity index (χ4n) is 4.22. The number of hydrogen-bond donors (Lipinski definition) is 0. The zero-order valence-electron chi connectivity index (χ0n) is 16.8. The Kier molecular flexibility index (Phi) is 4.49. The third-order valence-electron chi connectivity index (χ3n) is 6.16. The molecule has 8 heteroatoms. The van der Waals surface area contributed by atoms with E-state index < -0.39 is 5.41 Å². The van der Waals surface area contributed by atoms with Crippen molar-refractivity contribution in [1.29, 1.82) is 0 Å². The minimum absolute atomic E-state index is 0.158. The molecule has 2 aliphatic rings. The van der Waals surface area contributed by atoms with Gasteiger partial charge in [-0.1, -0.05) is 12.1 Å². The van der Waals surface area contributed by atoms with Gasteiger partial charge in [-0.05, 0) is 37.5 Å². The predicted molar refractivity (Wildman–Crippen MR) is 110 cm³/mol. The molecule has 1 aliphatic carbocycles. The van der Waals surface area contributed by atoms with Crippen LogP contribution in [0.15, 0.2) is 49.1 Å². The molecule has 0 bridgehead atoms. The van der Waals surface area contributed by atoms with E-state index in [4.69, 9.17) is 0 Å². The molecule has 5 rings (SSSR count). The summed E-state index contributed by atoms with van der Waals surface area (Å²) in [7, 11) is 0. The summed E-state index contributed by atoms with van der Waals surface area (Å²) in [6, 6.07) is 8.33. The molecule has 1 aliphatic heterocycles. The van der Waals surface area contributed by atoms with E-state index in [1.807, 2.05) is 28.7 Å². The zero-order chi connectivity index (χ0) is 20.7. The Morgan fingerprint density at radius 3 is 2.33 bits per heavy atom. The first kappa shape index (κ1) is 18.7. The molecule has 0 unspecified atom stereocenters. The van der Waals surface area contributed by atoms with E-state index >= 15 is 0 Å². The van der Waals surface area contributed by atoms with Crippen LogP contribution in [-0.2, 0) is 10.2 Å². The molecule has 1 saturated heterocycles. The number of piperazine rings is 1. The minimum atomic E-state index is -0.461. The van der Waals surface area contributed by atoms with E-state index in [9.17, 15) is 9.18 Å². The molecule has 3 heterocycles. The standard InChI is InChI=1S/C22H23FN6O/c1-16-24-8-9-29(16)20-14-19(25-15-26-20)27-10-12-28(13-11-27)21(30)22(6-7-22)17-2-4-18(23)5-3-17/h2-5,8-9,14-15H,6-7,10-13H2,1H3. The molecule has 0 spiro atoms. The van der Waals surface area contributed by atoms with Crippen LogP contribution in [0.4, 0.5) is 10.2 Å².